The van der Waals surface area contributed by atoms with E-state index in [1.165, 1.54) is 6.07 Å². The molecule has 132 valence electrons. The number of allylic oxidation sites excluding steroid dienone is 1. The number of para-hydroxylation sites is 1. The van der Waals surface area contributed by atoms with Crippen LogP contribution in [0.15, 0.2) is 41.9 Å². The highest BCUT2D eigenvalue weighted by Crippen LogP contribution is 2.14. The molecule has 24 heavy (non-hydrogen) atoms. The molecule has 6 nitrogen and oxygen atoms in total. The summed E-state index contributed by atoms with van der Waals surface area (Å²) in [6, 6.07) is 6.48. The minimum atomic E-state index is -0.298. The van der Waals surface area contributed by atoms with Crippen molar-refractivity contribution >= 4 is 11.9 Å². The summed E-state index contributed by atoms with van der Waals surface area (Å²) in [6.07, 6.45) is 3.90. The van der Waals surface area contributed by atoms with Gasteiger partial charge in [-0.15, -0.1) is 6.58 Å². The van der Waals surface area contributed by atoms with E-state index in [-0.39, 0.29) is 17.2 Å². The number of phenols is 1. The Bertz CT molecular complexity index is 558. The molecule has 1 aromatic carbocycles. The number of amides is 1. The number of nitrogens with zero attached hydrogens (tertiary/aromatic N) is 2. The van der Waals surface area contributed by atoms with Crippen molar-refractivity contribution in [2.24, 2.45) is 4.99 Å². The molecule has 0 radical (unpaired) electrons. The van der Waals surface area contributed by atoms with Gasteiger partial charge in [-0.25, -0.2) is 0 Å². The number of nitrogens with one attached hydrogen (secondary N) is 2. The van der Waals surface area contributed by atoms with E-state index in [0.717, 1.165) is 31.9 Å². The molecule has 0 fully saturated rings. The molecular weight excluding hydrogens is 304 g/mol. The van der Waals surface area contributed by atoms with Gasteiger partial charge in [0.05, 0.1) is 12.1 Å². The van der Waals surface area contributed by atoms with E-state index in [2.05, 4.69) is 27.1 Å². The first-order chi connectivity index (χ1) is 11.6. The maximum absolute atomic E-state index is 12.0. The number of unbranched alkanes of at least 4 members (excludes halogenated alkanes) is 1. The molecule has 0 spiro atoms. The number of rotatable bonds is 9. The average molecular weight is 332 g/mol. The van der Waals surface area contributed by atoms with Crippen molar-refractivity contribution in [3.05, 3.63) is 42.5 Å². The van der Waals surface area contributed by atoms with Gasteiger partial charge in [-0.3, -0.25) is 9.79 Å². The van der Waals surface area contributed by atoms with Crippen molar-refractivity contribution < 1.29 is 9.90 Å². The molecular formula is C18H28N4O2. The van der Waals surface area contributed by atoms with Gasteiger partial charge in [0.25, 0.3) is 5.91 Å². The van der Waals surface area contributed by atoms with E-state index in [1.807, 2.05) is 20.0 Å². The summed E-state index contributed by atoms with van der Waals surface area (Å²) < 4.78 is 0. The molecule has 1 rings (SSSR count). The van der Waals surface area contributed by atoms with E-state index >= 15 is 0 Å². The fourth-order valence-corrected chi connectivity index (χ4v) is 2.14. The Labute approximate surface area is 144 Å². The molecule has 0 saturated heterocycles. The van der Waals surface area contributed by atoms with Gasteiger partial charge in [-0.05, 0) is 31.9 Å². The van der Waals surface area contributed by atoms with Gasteiger partial charge in [0, 0.05) is 26.7 Å². The number of phenolic OH excluding ortho intramolecular Hbond substituents is 1. The van der Waals surface area contributed by atoms with E-state index < -0.39 is 0 Å². The SMILES string of the molecule is C=CCCCN(C)C(=NCCNC(=O)c1ccccc1O)NCC. The lowest BCUT2D eigenvalue weighted by Gasteiger charge is -2.21. The number of hydrogen-bond donors (Lipinski definition) is 3. The van der Waals surface area contributed by atoms with Gasteiger partial charge in [-0.1, -0.05) is 18.2 Å². The summed E-state index contributed by atoms with van der Waals surface area (Å²) >= 11 is 0. The largest absolute Gasteiger partial charge is 0.507 e. The lowest BCUT2D eigenvalue weighted by molar-refractivity contribution is 0.0952. The molecule has 3 N–H and O–H groups in total. The first kappa shape index (κ1) is 19.5. The fourth-order valence-electron chi connectivity index (χ4n) is 2.14. The third kappa shape index (κ3) is 6.73. The zero-order valence-corrected chi connectivity index (χ0v) is 14.6. The Balaban J connectivity index is 2.48. The average Bonchev–Trinajstić information content (AvgIpc) is 2.58. The minimum Gasteiger partial charge on any atom is -0.507 e. The van der Waals surface area contributed by atoms with E-state index in [1.54, 1.807) is 18.2 Å². The lowest BCUT2D eigenvalue weighted by atomic mass is 10.2. The molecule has 0 aromatic heterocycles. The molecule has 0 saturated carbocycles. The van der Waals surface area contributed by atoms with Crippen LogP contribution in [0, 0.1) is 0 Å². The number of aromatic hydroxyl groups is 1. The van der Waals surface area contributed by atoms with Gasteiger partial charge in [-0.2, -0.15) is 0 Å². The molecule has 1 aromatic rings. The highest BCUT2D eigenvalue weighted by atomic mass is 16.3. The van der Waals surface area contributed by atoms with E-state index in [9.17, 15) is 9.90 Å². The molecule has 0 aliphatic rings. The van der Waals surface area contributed by atoms with Crippen LogP contribution in [-0.4, -0.2) is 55.1 Å². The van der Waals surface area contributed by atoms with Crippen LogP contribution in [0.2, 0.25) is 0 Å². The maximum atomic E-state index is 12.0. The third-order valence-corrected chi connectivity index (χ3v) is 3.41. The number of carbonyl (C=O) groups is 1. The highest BCUT2D eigenvalue weighted by molar-refractivity contribution is 5.96. The van der Waals surface area contributed by atoms with Crippen molar-refractivity contribution in [1.82, 2.24) is 15.5 Å². The molecule has 0 atom stereocenters. The van der Waals surface area contributed by atoms with Gasteiger partial charge in [0.2, 0.25) is 0 Å². The minimum absolute atomic E-state index is 0.0196. The zero-order valence-electron chi connectivity index (χ0n) is 14.6. The summed E-state index contributed by atoms with van der Waals surface area (Å²) in [6.45, 7) is 8.29. The summed E-state index contributed by atoms with van der Waals surface area (Å²) in [5.74, 6) is 0.500. The Morgan fingerprint density at radius 3 is 2.79 bits per heavy atom. The quantitative estimate of drug-likeness (QED) is 0.280. The predicted octanol–water partition coefficient (Wildman–Crippen LogP) is 1.99. The van der Waals surface area contributed by atoms with Gasteiger partial charge < -0.3 is 20.6 Å². The van der Waals surface area contributed by atoms with Crippen molar-refractivity contribution in [3.8, 4) is 5.75 Å². The van der Waals surface area contributed by atoms with Crippen LogP contribution < -0.4 is 10.6 Å². The van der Waals surface area contributed by atoms with E-state index in [4.69, 9.17) is 0 Å². The number of aliphatic imine (C=N–C) groups is 1. The number of benzene rings is 1. The summed E-state index contributed by atoms with van der Waals surface area (Å²) in [5, 5.41) is 15.7. The normalized spacial score (nSPS) is 11.0. The first-order valence-corrected chi connectivity index (χ1v) is 8.26. The third-order valence-electron chi connectivity index (χ3n) is 3.41. The Morgan fingerprint density at radius 1 is 1.38 bits per heavy atom. The number of carbonyl (C=O) groups excluding carboxylic acids is 1. The van der Waals surface area contributed by atoms with Crippen molar-refractivity contribution in [2.75, 3.05) is 33.2 Å². The summed E-state index contributed by atoms with van der Waals surface area (Å²) in [7, 11) is 1.99. The molecule has 6 heteroatoms. The summed E-state index contributed by atoms with van der Waals surface area (Å²) in [4.78, 5) is 18.6. The van der Waals surface area contributed by atoms with Crippen LogP contribution in [0.4, 0.5) is 0 Å². The van der Waals surface area contributed by atoms with Crippen LogP contribution in [0.5, 0.6) is 5.75 Å². The van der Waals surface area contributed by atoms with Crippen LogP contribution in [-0.2, 0) is 0 Å². The molecule has 1 amide bonds. The van der Waals surface area contributed by atoms with Gasteiger partial charge >= 0.3 is 0 Å². The molecule has 0 heterocycles. The van der Waals surface area contributed by atoms with Crippen molar-refractivity contribution in [2.45, 2.75) is 19.8 Å². The number of hydrogen-bond acceptors (Lipinski definition) is 3. The second-order valence-corrected chi connectivity index (χ2v) is 5.36. The Morgan fingerprint density at radius 2 is 2.12 bits per heavy atom. The van der Waals surface area contributed by atoms with Crippen molar-refractivity contribution in [1.29, 1.82) is 0 Å². The zero-order chi connectivity index (χ0) is 17.8. The van der Waals surface area contributed by atoms with Crippen LogP contribution in [0.25, 0.3) is 0 Å². The van der Waals surface area contributed by atoms with Crippen LogP contribution >= 0.6 is 0 Å². The van der Waals surface area contributed by atoms with Gasteiger partial charge in [0.1, 0.15) is 5.75 Å². The second-order valence-electron chi connectivity index (χ2n) is 5.36. The Kier molecular flexibility index (Phi) is 9.04. The summed E-state index contributed by atoms with van der Waals surface area (Å²) in [5.41, 5.74) is 0.273. The monoisotopic (exact) mass is 332 g/mol. The Hall–Kier alpha value is -2.50. The fraction of sp³-hybridized carbons (Fsp3) is 0.444. The maximum Gasteiger partial charge on any atom is 0.255 e. The van der Waals surface area contributed by atoms with Crippen LogP contribution in [0.1, 0.15) is 30.1 Å². The molecule has 0 bridgehead atoms. The standard InChI is InChI=1S/C18H28N4O2/c1-4-6-9-14-22(3)18(19-5-2)21-13-12-20-17(24)15-10-7-8-11-16(15)23/h4,7-8,10-11,23H,1,5-6,9,12-14H2,2-3H3,(H,19,21)(H,20,24). The van der Waals surface area contributed by atoms with E-state index in [0.29, 0.717) is 13.1 Å². The predicted molar refractivity (Wildman–Crippen MR) is 98.5 cm³/mol. The smallest absolute Gasteiger partial charge is 0.255 e. The molecule has 0 unspecified atom stereocenters. The molecule has 0 aliphatic heterocycles. The van der Waals surface area contributed by atoms with Crippen molar-refractivity contribution in [3.63, 3.8) is 0 Å². The topological polar surface area (TPSA) is 77.0 Å². The van der Waals surface area contributed by atoms with Crippen LogP contribution in [0.3, 0.4) is 0 Å². The first-order valence-electron chi connectivity index (χ1n) is 8.26. The molecule has 0 aliphatic carbocycles. The number of guanidine groups is 1. The lowest BCUT2D eigenvalue weighted by Crippen LogP contribution is -2.40. The second kappa shape index (κ2) is 11.1. The van der Waals surface area contributed by atoms with Gasteiger partial charge in [0.15, 0.2) is 5.96 Å². The highest BCUT2D eigenvalue weighted by Gasteiger charge is 2.09.